The predicted octanol–water partition coefficient (Wildman–Crippen LogP) is 2.17. The van der Waals surface area contributed by atoms with Gasteiger partial charge in [-0.2, -0.15) is 0 Å². The molecule has 9 heteroatoms. The van der Waals surface area contributed by atoms with Crippen molar-refractivity contribution >= 4 is 32.0 Å². The van der Waals surface area contributed by atoms with Gasteiger partial charge in [-0.3, -0.25) is 10.1 Å². The van der Waals surface area contributed by atoms with E-state index < -0.39 is 14.9 Å². The lowest BCUT2D eigenvalue weighted by Crippen LogP contribution is -2.27. The highest BCUT2D eigenvalue weighted by Gasteiger charge is 2.26. The van der Waals surface area contributed by atoms with Gasteiger partial charge in [0.2, 0.25) is 10.0 Å². The van der Waals surface area contributed by atoms with Gasteiger partial charge in [-0.15, -0.1) is 0 Å². The third-order valence-corrected chi connectivity index (χ3v) is 6.52. The van der Waals surface area contributed by atoms with Crippen LogP contribution in [0, 0.1) is 16.0 Å². The summed E-state index contributed by atoms with van der Waals surface area (Å²) in [5.41, 5.74) is -0.211. The predicted molar refractivity (Wildman–Crippen MR) is 77.7 cm³/mol. The lowest BCUT2D eigenvalue weighted by atomic mass is 9.83. The average Bonchev–Trinajstić information content (AvgIpc) is 2.77. The number of hydrogen-bond donors (Lipinski definition) is 2. The van der Waals surface area contributed by atoms with Gasteiger partial charge in [0.05, 0.1) is 4.92 Å². The van der Waals surface area contributed by atoms with E-state index in [0.29, 0.717) is 12.5 Å². The van der Waals surface area contributed by atoms with Crippen LogP contribution in [-0.4, -0.2) is 26.9 Å². The van der Waals surface area contributed by atoms with E-state index in [1.807, 2.05) is 0 Å². The highest BCUT2D eigenvalue weighted by atomic mass is 32.2. The second kappa shape index (κ2) is 6.06. The number of nitro groups is 1. The monoisotopic (exact) mass is 319 g/mol. The number of sulfonamides is 1. The van der Waals surface area contributed by atoms with Crippen molar-refractivity contribution in [1.29, 1.82) is 0 Å². The molecule has 0 saturated heterocycles. The molecular formula is C11H17N3O4S2. The van der Waals surface area contributed by atoms with E-state index in [4.69, 9.17) is 0 Å². The molecule has 7 nitrogen and oxygen atoms in total. The SMILES string of the molecule is CNc1sc(S(=O)(=O)NCCC2CCC2)cc1[N+](=O)[O-]. The zero-order valence-electron chi connectivity index (χ0n) is 11.1. The smallest absolute Gasteiger partial charge is 0.304 e. The van der Waals surface area contributed by atoms with Crippen molar-refractivity contribution in [3.8, 4) is 0 Å². The molecule has 1 aliphatic rings. The van der Waals surface area contributed by atoms with Crippen molar-refractivity contribution in [2.75, 3.05) is 18.9 Å². The number of rotatable bonds is 7. The van der Waals surface area contributed by atoms with Crippen molar-refractivity contribution in [2.24, 2.45) is 5.92 Å². The first-order valence-electron chi connectivity index (χ1n) is 6.39. The summed E-state index contributed by atoms with van der Waals surface area (Å²) >= 11 is 0.870. The molecule has 112 valence electrons. The Hall–Kier alpha value is -1.19. The van der Waals surface area contributed by atoms with E-state index in [1.165, 1.54) is 13.5 Å². The lowest BCUT2D eigenvalue weighted by molar-refractivity contribution is -0.383. The Bertz CT molecular complexity index is 593. The van der Waals surface area contributed by atoms with Gasteiger partial charge in [0.15, 0.2) is 5.00 Å². The maximum absolute atomic E-state index is 12.1. The third kappa shape index (κ3) is 3.28. The zero-order valence-corrected chi connectivity index (χ0v) is 12.7. The van der Waals surface area contributed by atoms with Crippen LogP contribution in [0.25, 0.3) is 0 Å². The Morgan fingerprint density at radius 3 is 2.65 bits per heavy atom. The number of thiophene rings is 1. The molecule has 2 N–H and O–H groups in total. The molecule has 20 heavy (non-hydrogen) atoms. The number of nitrogens with zero attached hydrogens (tertiary/aromatic N) is 1. The molecule has 0 atom stereocenters. The number of nitrogens with one attached hydrogen (secondary N) is 2. The van der Waals surface area contributed by atoms with E-state index in [-0.39, 0.29) is 14.9 Å². The molecule has 0 radical (unpaired) electrons. The normalized spacial score (nSPS) is 15.8. The Morgan fingerprint density at radius 2 is 2.20 bits per heavy atom. The summed E-state index contributed by atoms with van der Waals surface area (Å²) in [6.45, 7) is 0.383. The second-order valence-corrected chi connectivity index (χ2v) is 7.82. The Labute approximate surface area is 121 Å². The Morgan fingerprint density at radius 1 is 1.50 bits per heavy atom. The maximum atomic E-state index is 12.1. The fraction of sp³-hybridized carbons (Fsp3) is 0.636. The number of hydrogen-bond acceptors (Lipinski definition) is 6. The molecule has 0 amide bonds. The standard InChI is InChI=1S/C11H17N3O4S2/c1-12-11-9(14(15)16)7-10(19-11)20(17,18)13-6-5-8-3-2-4-8/h7-8,12-13H,2-6H2,1H3. The summed E-state index contributed by atoms with van der Waals surface area (Å²) in [5, 5.41) is 13.7. The highest BCUT2D eigenvalue weighted by molar-refractivity contribution is 7.91. The molecule has 0 aliphatic heterocycles. The van der Waals surface area contributed by atoms with Gasteiger partial charge in [-0.1, -0.05) is 30.6 Å². The maximum Gasteiger partial charge on any atom is 0.304 e. The van der Waals surface area contributed by atoms with Gasteiger partial charge < -0.3 is 5.32 Å². The summed E-state index contributed by atoms with van der Waals surface area (Å²) in [7, 11) is -2.13. The summed E-state index contributed by atoms with van der Waals surface area (Å²) < 4.78 is 26.6. The summed E-state index contributed by atoms with van der Waals surface area (Å²) in [6, 6.07) is 1.10. The largest absolute Gasteiger partial charge is 0.374 e. The van der Waals surface area contributed by atoms with Crippen molar-refractivity contribution in [1.82, 2.24) is 4.72 Å². The van der Waals surface area contributed by atoms with Crippen LogP contribution in [0.4, 0.5) is 10.7 Å². The first-order valence-corrected chi connectivity index (χ1v) is 8.69. The molecule has 0 unspecified atom stereocenters. The van der Waals surface area contributed by atoms with Gasteiger partial charge >= 0.3 is 5.69 Å². The van der Waals surface area contributed by atoms with Crippen LogP contribution >= 0.6 is 11.3 Å². The summed E-state index contributed by atoms with van der Waals surface area (Å²) in [6.07, 6.45) is 4.37. The molecule has 1 heterocycles. The van der Waals surface area contributed by atoms with Crippen LogP contribution in [-0.2, 0) is 10.0 Å². The molecule has 1 aromatic heterocycles. The molecule has 2 rings (SSSR count). The second-order valence-electron chi connectivity index (χ2n) is 4.77. The first kappa shape index (κ1) is 15.2. The molecule has 0 spiro atoms. The van der Waals surface area contributed by atoms with E-state index in [9.17, 15) is 18.5 Å². The topological polar surface area (TPSA) is 101 Å². The van der Waals surface area contributed by atoms with E-state index >= 15 is 0 Å². The van der Waals surface area contributed by atoms with Crippen LogP contribution in [0.1, 0.15) is 25.7 Å². The fourth-order valence-electron chi connectivity index (χ4n) is 2.06. The lowest BCUT2D eigenvalue weighted by Gasteiger charge is -2.24. The van der Waals surface area contributed by atoms with E-state index in [0.717, 1.165) is 36.7 Å². The molecule has 0 aromatic carbocycles. The quantitative estimate of drug-likeness (QED) is 0.592. The first-order chi connectivity index (χ1) is 9.44. The zero-order chi connectivity index (χ0) is 14.8. The van der Waals surface area contributed by atoms with Gasteiger partial charge in [-0.25, -0.2) is 13.1 Å². The van der Waals surface area contributed by atoms with E-state index in [1.54, 1.807) is 0 Å². The van der Waals surface area contributed by atoms with Crippen molar-refractivity contribution in [3.63, 3.8) is 0 Å². The number of anilines is 1. The van der Waals surface area contributed by atoms with Gasteiger partial charge in [-0.05, 0) is 12.3 Å². The van der Waals surface area contributed by atoms with Crippen LogP contribution in [0.5, 0.6) is 0 Å². The van der Waals surface area contributed by atoms with E-state index in [2.05, 4.69) is 10.0 Å². The van der Waals surface area contributed by atoms with Gasteiger partial charge in [0.25, 0.3) is 0 Å². The van der Waals surface area contributed by atoms with Crippen LogP contribution < -0.4 is 10.0 Å². The Kier molecular flexibility index (Phi) is 4.61. The summed E-state index contributed by atoms with van der Waals surface area (Å²) in [4.78, 5) is 10.2. The third-order valence-electron chi connectivity index (χ3n) is 3.45. The summed E-state index contributed by atoms with van der Waals surface area (Å²) in [5.74, 6) is 0.614. The van der Waals surface area contributed by atoms with Crippen LogP contribution in [0.15, 0.2) is 10.3 Å². The van der Waals surface area contributed by atoms with Crippen molar-refractivity contribution in [2.45, 2.75) is 29.9 Å². The fourth-order valence-corrected chi connectivity index (χ4v) is 4.43. The molecule has 0 bridgehead atoms. The minimum absolute atomic E-state index is 0.0258. The molecule has 1 fully saturated rings. The van der Waals surface area contributed by atoms with Crippen molar-refractivity contribution in [3.05, 3.63) is 16.2 Å². The van der Waals surface area contributed by atoms with Gasteiger partial charge in [0.1, 0.15) is 4.21 Å². The average molecular weight is 319 g/mol. The van der Waals surface area contributed by atoms with Crippen LogP contribution in [0.2, 0.25) is 0 Å². The van der Waals surface area contributed by atoms with Crippen molar-refractivity contribution < 1.29 is 13.3 Å². The van der Waals surface area contributed by atoms with Crippen LogP contribution in [0.3, 0.4) is 0 Å². The minimum Gasteiger partial charge on any atom is -0.374 e. The molecule has 1 aromatic rings. The highest BCUT2D eigenvalue weighted by Crippen LogP contribution is 2.36. The minimum atomic E-state index is -3.66. The molecule has 1 aliphatic carbocycles. The molecular weight excluding hydrogens is 302 g/mol. The molecule has 1 saturated carbocycles. The Balaban J connectivity index is 2.06. The van der Waals surface area contributed by atoms with Gasteiger partial charge in [0, 0.05) is 19.7 Å².